The van der Waals surface area contributed by atoms with E-state index in [1.165, 1.54) is 12.8 Å². The maximum atomic E-state index is 12.9. The lowest BCUT2D eigenvalue weighted by molar-refractivity contribution is 0.101. The van der Waals surface area contributed by atoms with Crippen molar-refractivity contribution >= 4 is 29.1 Å². The fourth-order valence-corrected chi connectivity index (χ4v) is 3.24. The monoisotopic (exact) mass is 395 g/mol. The molecular formula is C21H22ClN5O. The zero-order valence-corrected chi connectivity index (χ0v) is 16.6. The molecule has 3 aromatic rings. The van der Waals surface area contributed by atoms with Crippen molar-refractivity contribution in [3.05, 3.63) is 59.6 Å². The van der Waals surface area contributed by atoms with Crippen LogP contribution in [0.1, 0.15) is 23.3 Å². The van der Waals surface area contributed by atoms with Gasteiger partial charge in [0.15, 0.2) is 0 Å². The van der Waals surface area contributed by atoms with Gasteiger partial charge in [0.05, 0.1) is 0 Å². The van der Waals surface area contributed by atoms with Crippen molar-refractivity contribution in [3.63, 3.8) is 0 Å². The quantitative estimate of drug-likeness (QED) is 0.674. The number of hydrogen-bond acceptors (Lipinski definition) is 4. The summed E-state index contributed by atoms with van der Waals surface area (Å²) in [4.78, 5) is 23.5. The van der Waals surface area contributed by atoms with Crippen molar-refractivity contribution in [1.82, 2.24) is 14.5 Å². The summed E-state index contributed by atoms with van der Waals surface area (Å²) in [5, 5.41) is 3.53. The Labute approximate surface area is 169 Å². The molecule has 0 spiro atoms. The van der Waals surface area contributed by atoms with Crippen LogP contribution < -0.4 is 10.2 Å². The topological polar surface area (TPSA) is 63.1 Å². The number of benzene rings is 1. The van der Waals surface area contributed by atoms with Crippen LogP contribution in [0.3, 0.4) is 0 Å². The second-order valence-corrected chi connectivity index (χ2v) is 7.78. The standard InChI is InChI=1S/C21H22ClN5O/c1-26(2)21-23-10-16(11-24-21)15-8-19(27(13-15)12-14-6-7-14)20(28)25-18-5-3-4-17(22)9-18/h3-5,8-11,13-14H,6-7,12H2,1-2H3,(H,25,28). The molecule has 1 aliphatic rings. The summed E-state index contributed by atoms with van der Waals surface area (Å²) in [7, 11) is 3.80. The first-order chi connectivity index (χ1) is 13.5. The predicted molar refractivity (Wildman–Crippen MR) is 112 cm³/mol. The van der Waals surface area contributed by atoms with Crippen LogP contribution >= 0.6 is 11.6 Å². The Morgan fingerprint density at radius 3 is 2.61 bits per heavy atom. The number of nitrogens with one attached hydrogen (secondary N) is 1. The highest BCUT2D eigenvalue weighted by Gasteiger charge is 2.24. The van der Waals surface area contributed by atoms with Crippen molar-refractivity contribution < 1.29 is 4.79 Å². The molecule has 1 fully saturated rings. The highest BCUT2D eigenvalue weighted by Crippen LogP contribution is 2.32. The molecule has 4 rings (SSSR count). The molecule has 2 aromatic heterocycles. The van der Waals surface area contributed by atoms with E-state index in [9.17, 15) is 4.79 Å². The number of hydrogen-bond donors (Lipinski definition) is 1. The van der Waals surface area contributed by atoms with E-state index in [1.54, 1.807) is 24.5 Å². The number of halogens is 1. The van der Waals surface area contributed by atoms with Gasteiger partial charge in [-0.15, -0.1) is 0 Å². The fourth-order valence-electron chi connectivity index (χ4n) is 3.05. The average molecular weight is 396 g/mol. The van der Waals surface area contributed by atoms with Crippen LogP contribution in [0.4, 0.5) is 11.6 Å². The first kappa shape index (κ1) is 18.5. The molecule has 1 amide bonds. The van der Waals surface area contributed by atoms with Crippen LogP contribution in [0.15, 0.2) is 48.9 Å². The SMILES string of the molecule is CN(C)c1ncc(-c2cc(C(=O)Nc3cccc(Cl)c3)n(CC3CC3)c2)cn1. The van der Waals surface area contributed by atoms with Crippen LogP contribution in [-0.2, 0) is 6.54 Å². The van der Waals surface area contributed by atoms with Crippen LogP contribution in [0.5, 0.6) is 0 Å². The first-order valence-corrected chi connectivity index (χ1v) is 9.64. The molecule has 2 heterocycles. The number of rotatable bonds is 6. The maximum Gasteiger partial charge on any atom is 0.272 e. The Morgan fingerprint density at radius 1 is 1.21 bits per heavy atom. The zero-order valence-electron chi connectivity index (χ0n) is 15.9. The minimum Gasteiger partial charge on any atom is -0.347 e. The molecule has 0 aliphatic heterocycles. The highest BCUT2D eigenvalue weighted by atomic mass is 35.5. The lowest BCUT2D eigenvalue weighted by Crippen LogP contribution is -2.17. The van der Waals surface area contributed by atoms with Gasteiger partial charge in [0.2, 0.25) is 5.95 Å². The molecule has 0 bridgehead atoms. The van der Waals surface area contributed by atoms with Gasteiger partial charge >= 0.3 is 0 Å². The largest absolute Gasteiger partial charge is 0.347 e. The van der Waals surface area contributed by atoms with Gasteiger partial charge < -0.3 is 14.8 Å². The summed E-state index contributed by atoms with van der Waals surface area (Å²) >= 11 is 6.03. The third-order valence-electron chi connectivity index (χ3n) is 4.74. The summed E-state index contributed by atoms with van der Waals surface area (Å²) in [5.41, 5.74) is 3.12. The number of aromatic nitrogens is 3. The highest BCUT2D eigenvalue weighted by molar-refractivity contribution is 6.30. The lowest BCUT2D eigenvalue weighted by atomic mass is 10.2. The second-order valence-electron chi connectivity index (χ2n) is 7.34. The van der Waals surface area contributed by atoms with E-state index in [2.05, 4.69) is 15.3 Å². The van der Waals surface area contributed by atoms with E-state index in [4.69, 9.17) is 11.6 Å². The Balaban J connectivity index is 1.62. The van der Waals surface area contributed by atoms with Gasteiger partial charge in [-0.1, -0.05) is 17.7 Å². The van der Waals surface area contributed by atoms with Crippen molar-refractivity contribution in [2.24, 2.45) is 5.92 Å². The predicted octanol–water partition coefficient (Wildman–Crippen LogP) is 4.33. The van der Waals surface area contributed by atoms with Crippen molar-refractivity contribution in [1.29, 1.82) is 0 Å². The van der Waals surface area contributed by atoms with E-state index in [1.807, 2.05) is 48.0 Å². The Bertz CT molecular complexity index is 992. The molecular weight excluding hydrogens is 374 g/mol. The van der Waals surface area contributed by atoms with E-state index in [-0.39, 0.29) is 5.91 Å². The first-order valence-electron chi connectivity index (χ1n) is 9.26. The van der Waals surface area contributed by atoms with Crippen LogP contribution in [0, 0.1) is 5.92 Å². The van der Waals surface area contributed by atoms with Crippen molar-refractivity contribution in [2.45, 2.75) is 19.4 Å². The van der Waals surface area contributed by atoms with E-state index in [0.717, 1.165) is 17.7 Å². The van der Waals surface area contributed by atoms with Gasteiger partial charge in [0, 0.05) is 61.1 Å². The molecule has 6 nitrogen and oxygen atoms in total. The van der Waals surface area contributed by atoms with Gasteiger partial charge in [0.1, 0.15) is 5.69 Å². The number of carbonyl (C=O) groups is 1. The summed E-state index contributed by atoms with van der Waals surface area (Å²) in [6.07, 6.45) is 8.02. The number of anilines is 2. The molecule has 1 aliphatic carbocycles. The van der Waals surface area contributed by atoms with Crippen molar-refractivity contribution in [2.75, 3.05) is 24.3 Å². The fraction of sp³-hybridized carbons (Fsp3) is 0.286. The third-order valence-corrected chi connectivity index (χ3v) is 4.97. The summed E-state index contributed by atoms with van der Waals surface area (Å²) in [5.74, 6) is 1.14. The summed E-state index contributed by atoms with van der Waals surface area (Å²) < 4.78 is 2.03. The Kier molecular flexibility index (Phi) is 5.05. The molecule has 0 radical (unpaired) electrons. The van der Waals surface area contributed by atoms with E-state index < -0.39 is 0 Å². The average Bonchev–Trinajstić information content (AvgIpc) is 3.38. The lowest BCUT2D eigenvalue weighted by Gasteiger charge is -2.09. The molecule has 0 saturated heterocycles. The van der Waals surface area contributed by atoms with Crippen LogP contribution in [0.25, 0.3) is 11.1 Å². The normalized spacial score (nSPS) is 13.4. The van der Waals surface area contributed by atoms with Gasteiger partial charge in [-0.05, 0) is 43.0 Å². The maximum absolute atomic E-state index is 12.9. The Hall–Kier alpha value is -2.86. The zero-order chi connectivity index (χ0) is 19.7. The number of nitrogens with zero attached hydrogens (tertiary/aromatic N) is 4. The molecule has 1 aromatic carbocycles. The van der Waals surface area contributed by atoms with Gasteiger partial charge in [-0.2, -0.15) is 0 Å². The molecule has 1 N–H and O–H groups in total. The number of carbonyl (C=O) groups excluding carboxylic acids is 1. The summed E-state index contributed by atoms with van der Waals surface area (Å²) in [6.45, 7) is 0.842. The molecule has 144 valence electrons. The number of amides is 1. The molecule has 28 heavy (non-hydrogen) atoms. The van der Waals surface area contributed by atoms with Crippen molar-refractivity contribution in [3.8, 4) is 11.1 Å². The van der Waals surface area contributed by atoms with Crippen LogP contribution in [0.2, 0.25) is 5.02 Å². The van der Waals surface area contributed by atoms with Crippen LogP contribution in [-0.4, -0.2) is 34.5 Å². The van der Waals surface area contributed by atoms with Gasteiger partial charge in [-0.3, -0.25) is 4.79 Å². The molecule has 0 unspecified atom stereocenters. The van der Waals surface area contributed by atoms with E-state index >= 15 is 0 Å². The smallest absolute Gasteiger partial charge is 0.272 e. The summed E-state index contributed by atoms with van der Waals surface area (Å²) in [6, 6.07) is 9.06. The van der Waals surface area contributed by atoms with Gasteiger partial charge in [-0.25, -0.2) is 9.97 Å². The third kappa shape index (κ3) is 4.17. The molecule has 7 heteroatoms. The second kappa shape index (κ2) is 7.64. The molecule has 0 atom stereocenters. The minimum absolute atomic E-state index is 0.153. The minimum atomic E-state index is -0.153. The van der Waals surface area contributed by atoms with Gasteiger partial charge in [0.25, 0.3) is 5.91 Å². The molecule has 1 saturated carbocycles. The van der Waals surface area contributed by atoms with E-state index in [0.29, 0.717) is 28.3 Å². The Morgan fingerprint density at radius 2 is 1.96 bits per heavy atom.